The molecular formula is C70H132O17P2. The zero-order valence-electron chi connectivity index (χ0n) is 57.0. The van der Waals surface area contributed by atoms with Crippen molar-refractivity contribution in [2.45, 2.75) is 355 Å². The molecule has 5 atom stereocenters. The average molecular weight is 1310 g/mol. The highest BCUT2D eigenvalue weighted by Crippen LogP contribution is 2.45. The number of unbranched alkanes of at least 4 members (excludes halogenated alkanes) is 37. The van der Waals surface area contributed by atoms with E-state index in [1.165, 1.54) is 128 Å². The van der Waals surface area contributed by atoms with Crippen LogP contribution in [0.3, 0.4) is 0 Å². The summed E-state index contributed by atoms with van der Waals surface area (Å²) in [4.78, 5) is 72.4. The minimum absolute atomic E-state index is 0.101. The number of phosphoric acid groups is 2. The number of phosphoric ester groups is 2. The van der Waals surface area contributed by atoms with Gasteiger partial charge in [0, 0.05) is 25.7 Å². The third kappa shape index (κ3) is 64.1. The highest BCUT2D eigenvalue weighted by atomic mass is 31.2. The number of esters is 4. The molecule has 0 saturated heterocycles. The van der Waals surface area contributed by atoms with Gasteiger partial charge in [-0.3, -0.25) is 37.3 Å². The second kappa shape index (κ2) is 63.0. The quantitative estimate of drug-likeness (QED) is 0.0169. The van der Waals surface area contributed by atoms with E-state index in [0.29, 0.717) is 25.7 Å². The molecule has 0 bridgehead atoms. The summed E-state index contributed by atoms with van der Waals surface area (Å²) in [5, 5.41) is 10.6. The standard InChI is InChI=1S/C70H132O17P2/c1-6-9-12-15-18-20-22-24-26-28-30-32-34-40-45-50-55-69(74)86-66(60-81-68(73)54-49-44-39-33-31-29-27-25-23-21-19-16-13-10-7-2)62-85-89(78,79)83-58-64(71)57-82-88(76,77)84-61-65(59-80-67(72)53-48-43-37-17-14-11-8-3)87-70(75)56-51-46-41-36-35-38-42-47-52-63(4)5/h21,23,25,27,63-66,71H,6-20,22,24,26,28-62H2,1-5H3,(H,76,77)(H,78,79)/b23-21-,27-25-/t64-,65+,66+/m0/s1. The largest absolute Gasteiger partial charge is 0.472 e. The van der Waals surface area contributed by atoms with Gasteiger partial charge in [-0.25, -0.2) is 9.13 Å². The number of hydrogen-bond donors (Lipinski definition) is 3. The normalized spacial score (nSPS) is 14.3. The Morgan fingerprint density at radius 3 is 0.921 bits per heavy atom. The molecule has 0 heterocycles. The van der Waals surface area contributed by atoms with Crippen molar-refractivity contribution in [3.8, 4) is 0 Å². The Kier molecular flexibility index (Phi) is 61.2. The summed E-state index contributed by atoms with van der Waals surface area (Å²) >= 11 is 0. The predicted molar refractivity (Wildman–Crippen MR) is 358 cm³/mol. The molecule has 0 amide bonds. The van der Waals surface area contributed by atoms with Gasteiger partial charge in [0.15, 0.2) is 12.2 Å². The second-order valence-electron chi connectivity index (χ2n) is 25.1. The molecule has 0 radical (unpaired) electrons. The number of rotatable bonds is 68. The van der Waals surface area contributed by atoms with Crippen LogP contribution in [0.2, 0.25) is 0 Å². The first-order chi connectivity index (χ1) is 43.0. The molecule has 0 aliphatic rings. The van der Waals surface area contributed by atoms with E-state index >= 15 is 0 Å². The average Bonchev–Trinajstić information content (AvgIpc) is 3.63. The molecule has 0 aromatic heterocycles. The summed E-state index contributed by atoms with van der Waals surface area (Å²) in [6.07, 6.45) is 52.3. The van der Waals surface area contributed by atoms with Gasteiger partial charge in [-0.1, -0.05) is 284 Å². The van der Waals surface area contributed by atoms with Crippen molar-refractivity contribution >= 4 is 39.5 Å². The minimum Gasteiger partial charge on any atom is -0.462 e. The van der Waals surface area contributed by atoms with Crippen LogP contribution in [-0.2, 0) is 65.4 Å². The van der Waals surface area contributed by atoms with Gasteiger partial charge in [-0.2, -0.15) is 0 Å². The third-order valence-electron chi connectivity index (χ3n) is 15.7. The van der Waals surface area contributed by atoms with E-state index in [0.717, 1.165) is 128 Å². The van der Waals surface area contributed by atoms with Crippen LogP contribution in [0.4, 0.5) is 0 Å². The van der Waals surface area contributed by atoms with Gasteiger partial charge in [0.1, 0.15) is 19.3 Å². The molecule has 0 aliphatic heterocycles. The number of carbonyl (C=O) groups is 4. The fraction of sp³-hybridized carbons (Fsp3) is 0.886. The first-order valence-corrected chi connectivity index (χ1v) is 38.9. The minimum atomic E-state index is -4.96. The van der Waals surface area contributed by atoms with Crippen molar-refractivity contribution in [2.24, 2.45) is 5.92 Å². The van der Waals surface area contributed by atoms with Gasteiger partial charge in [0.05, 0.1) is 26.4 Å². The molecule has 0 spiro atoms. The monoisotopic (exact) mass is 1310 g/mol. The lowest BCUT2D eigenvalue weighted by Crippen LogP contribution is -2.30. The number of aliphatic hydroxyl groups is 1. The first-order valence-electron chi connectivity index (χ1n) is 36.0. The van der Waals surface area contributed by atoms with Crippen LogP contribution >= 0.6 is 15.6 Å². The van der Waals surface area contributed by atoms with Crippen LogP contribution < -0.4 is 0 Å². The van der Waals surface area contributed by atoms with E-state index in [2.05, 4.69) is 58.9 Å². The van der Waals surface area contributed by atoms with E-state index in [1.807, 2.05) is 0 Å². The molecule has 17 nitrogen and oxygen atoms in total. The van der Waals surface area contributed by atoms with E-state index in [4.69, 9.17) is 37.0 Å². The molecule has 2 unspecified atom stereocenters. The Morgan fingerprint density at radius 1 is 0.348 bits per heavy atom. The van der Waals surface area contributed by atoms with Crippen molar-refractivity contribution in [3.05, 3.63) is 24.3 Å². The Labute approximate surface area is 542 Å². The van der Waals surface area contributed by atoms with E-state index in [-0.39, 0.29) is 25.7 Å². The molecule has 0 fully saturated rings. The van der Waals surface area contributed by atoms with Crippen molar-refractivity contribution in [2.75, 3.05) is 39.6 Å². The van der Waals surface area contributed by atoms with E-state index in [9.17, 15) is 43.2 Å². The van der Waals surface area contributed by atoms with E-state index < -0.39 is 97.5 Å². The van der Waals surface area contributed by atoms with Gasteiger partial charge < -0.3 is 33.8 Å². The van der Waals surface area contributed by atoms with Crippen molar-refractivity contribution < 1.29 is 80.2 Å². The molecular weight excluding hydrogens is 1170 g/mol. The molecule has 89 heavy (non-hydrogen) atoms. The summed E-state index contributed by atoms with van der Waals surface area (Å²) in [5.41, 5.74) is 0. The van der Waals surface area contributed by atoms with Gasteiger partial charge in [-0.15, -0.1) is 0 Å². The number of allylic oxidation sites excluding steroid dienone is 4. The zero-order valence-corrected chi connectivity index (χ0v) is 58.8. The lowest BCUT2D eigenvalue weighted by molar-refractivity contribution is -0.161. The summed E-state index contributed by atoms with van der Waals surface area (Å²) in [5.74, 6) is -1.44. The molecule has 0 rings (SSSR count). The highest BCUT2D eigenvalue weighted by molar-refractivity contribution is 7.47. The van der Waals surface area contributed by atoms with E-state index in [1.54, 1.807) is 0 Å². The van der Waals surface area contributed by atoms with Crippen LogP contribution in [0.5, 0.6) is 0 Å². The molecule has 0 aromatic carbocycles. The molecule has 3 N–H and O–H groups in total. The first kappa shape index (κ1) is 86.5. The van der Waals surface area contributed by atoms with Gasteiger partial charge in [-0.05, 0) is 57.3 Å². The summed E-state index contributed by atoms with van der Waals surface area (Å²) < 4.78 is 68.1. The Bertz CT molecular complexity index is 1810. The molecule has 524 valence electrons. The maximum absolute atomic E-state index is 13.0. The third-order valence-corrected chi connectivity index (χ3v) is 17.6. The molecule has 19 heteroatoms. The Morgan fingerprint density at radius 2 is 0.607 bits per heavy atom. The summed E-state index contributed by atoms with van der Waals surface area (Å²) in [6.45, 7) is 7.10. The van der Waals surface area contributed by atoms with Gasteiger partial charge >= 0.3 is 39.5 Å². The Hall–Kier alpha value is -2.46. The lowest BCUT2D eigenvalue weighted by Gasteiger charge is -2.21. The summed E-state index contributed by atoms with van der Waals surface area (Å²) in [6, 6.07) is 0. The number of ether oxygens (including phenoxy) is 4. The van der Waals surface area contributed by atoms with Crippen LogP contribution in [-0.4, -0.2) is 96.7 Å². The topological polar surface area (TPSA) is 237 Å². The highest BCUT2D eigenvalue weighted by Gasteiger charge is 2.30. The SMILES string of the molecule is CCCCCC/C=C\C=C/CCCCCCCC(=O)OC[C@H](COP(=O)(O)OC[C@@H](O)COP(=O)(O)OC[C@@H](COC(=O)CCCCCCCCC)OC(=O)CCCCCCCCCCC(C)C)OC(=O)CCCCCCCCCCCCCCCCCC. The fourth-order valence-electron chi connectivity index (χ4n) is 10.1. The van der Waals surface area contributed by atoms with Gasteiger partial charge in [0.2, 0.25) is 0 Å². The van der Waals surface area contributed by atoms with Gasteiger partial charge in [0.25, 0.3) is 0 Å². The maximum Gasteiger partial charge on any atom is 0.472 e. The van der Waals surface area contributed by atoms with Crippen molar-refractivity contribution in [1.82, 2.24) is 0 Å². The predicted octanol–water partition coefficient (Wildman–Crippen LogP) is 19.7. The molecule has 0 aromatic rings. The van der Waals surface area contributed by atoms with Crippen molar-refractivity contribution in [1.29, 1.82) is 0 Å². The van der Waals surface area contributed by atoms with Crippen LogP contribution in [0.1, 0.15) is 336 Å². The molecule has 0 aliphatic carbocycles. The van der Waals surface area contributed by atoms with Crippen molar-refractivity contribution in [3.63, 3.8) is 0 Å². The summed E-state index contributed by atoms with van der Waals surface area (Å²) in [7, 11) is -9.90. The number of aliphatic hydroxyl groups excluding tert-OH is 1. The van der Waals surface area contributed by atoms with Crippen LogP contribution in [0.25, 0.3) is 0 Å². The fourth-order valence-corrected chi connectivity index (χ4v) is 11.7. The second-order valence-corrected chi connectivity index (χ2v) is 28.0. The number of hydrogen-bond acceptors (Lipinski definition) is 15. The lowest BCUT2D eigenvalue weighted by atomic mass is 10.0. The zero-order chi connectivity index (χ0) is 65.6. The van der Waals surface area contributed by atoms with Crippen LogP contribution in [0, 0.1) is 5.92 Å². The Balaban J connectivity index is 5.24. The number of carbonyl (C=O) groups excluding carboxylic acids is 4. The van der Waals surface area contributed by atoms with Crippen LogP contribution in [0.15, 0.2) is 24.3 Å². The molecule has 0 saturated carbocycles. The maximum atomic E-state index is 13.0. The smallest absolute Gasteiger partial charge is 0.462 e.